The van der Waals surface area contributed by atoms with Gasteiger partial charge in [-0.3, -0.25) is 10.6 Å². The van der Waals surface area contributed by atoms with E-state index in [1.165, 1.54) is 19.3 Å². The van der Waals surface area contributed by atoms with Crippen LogP contribution in [0.15, 0.2) is 24.3 Å². The highest BCUT2D eigenvalue weighted by Crippen LogP contribution is 2.27. The highest BCUT2D eigenvalue weighted by Gasteiger charge is 2.25. The fourth-order valence-corrected chi connectivity index (χ4v) is 2.86. The summed E-state index contributed by atoms with van der Waals surface area (Å²) in [6.45, 7) is 2.21. The van der Waals surface area contributed by atoms with E-state index in [0.717, 1.165) is 18.5 Å². The molecule has 0 bridgehead atoms. The number of nitrogens with one attached hydrogen (secondary N) is 2. The molecule has 1 aromatic rings. The van der Waals surface area contributed by atoms with Gasteiger partial charge in [0.25, 0.3) is 5.91 Å². The zero-order valence-electron chi connectivity index (χ0n) is 11.5. The molecule has 0 radical (unpaired) electrons. The Kier molecular flexibility index (Phi) is 4.80. The van der Waals surface area contributed by atoms with Crippen molar-refractivity contribution in [2.75, 3.05) is 5.43 Å². The number of anilines is 1. The van der Waals surface area contributed by atoms with Crippen molar-refractivity contribution in [1.82, 2.24) is 5.32 Å². The molecule has 2 rings (SSSR count). The van der Waals surface area contributed by atoms with Gasteiger partial charge >= 0.3 is 0 Å². The maximum Gasteiger partial charge on any atom is 0.251 e. The lowest BCUT2D eigenvalue weighted by molar-refractivity contribution is 0.0905. The van der Waals surface area contributed by atoms with Crippen LogP contribution in [0.4, 0.5) is 5.69 Å². The first-order chi connectivity index (χ1) is 9.24. The van der Waals surface area contributed by atoms with Crippen molar-refractivity contribution < 1.29 is 4.79 Å². The summed E-state index contributed by atoms with van der Waals surface area (Å²) in [7, 11) is 0. The third kappa shape index (κ3) is 3.47. The molecule has 2 atom stereocenters. The average Bonchev–Trinajstić information content (AvgIpc) is 2.48. The minimum Gasteiger partial charge on any atom is -0.349 e. The predicted molar refractivity (Wildman–Crippen MR) is 77.8 cm³/mol. The molecule has 4 N–H and O–H groups in total. The number of nitrogen functional groups attached to an aromatic ring is 1. The molecule has 0 saturated heterocycles. The van der Waals surface area contributed by atoms with Crippen LogP contribution in [0.5, 0.6) is 0 Å². The normalized spacial score (nSPS) is 22.8. The van der Waals surface area contributed by atoms with Gasteiger partial charge in [0.2, 0.25) is 0 Å². The van der Waals surface area contributed by atoms with Gasteiger partial charge in [-0.1, -0.05) is 26.2 Å². The Hall–Kier alpha value is -1.55. The molecule has 1 saturated carbocycles. The van der Waals surface area contributed by atoms with Gasteiger partial charge in [0, 0.05) is 17.3 Å². The van der Waals surface area contributed by atoms with Gasteiger partial charge < -0.3 is 10.7 Å². The first-order valence-corrected chi connectivity index (χ1v) is 7.12. The number of amides is 1. The summed E-state index contributed by atoms with van der Waals surface area (Å²) in [5.74, 6) is 5.96. The Labute approximate surface area is 114 Å². The molecule has 1 amide bonds. The third-order valence-electron chi connectivity index (χ3n) is 4.06. The number of benzene rings is 1. The van der Waals surface area contributed by atoms with Crippen molar-refractivity contribution in [2.24, 2.45) is 11.8 Å². The van der Waals surface area contributed by atoms with Crippen molar-refractivity contribution >= 4 is 11.6 Å². The molecule has 1 aliphatic rings. The molecule has 0 heterocycles. The third-order valence-corrected chi connectivity index (χ3v) is 4.06. The maximum atomic E-state index is 12.2. The molecule has 1 fully saturated rings. The summed E-state index contributed by atoms with van der Waals surface area (Å²) in [4.78, 5) is 12.2. The summed E-state index contributed by atoms with van der Waals surface area (Å²) in [6, 6.07) is 7.56. The highest BCUT2D eigenvalue weighted by atomic mass is 16.1. The van der Waals surface area contributed by atoms with Gasteiger partial charge in [0.1, 0.15) is 0 Å². The standard InChI is InChI=1S/C15H23N3O/c1-2-11-5-3-4-6-14(11)17-15(19)12-7-9-13(18-16)10-8-12/h7-11,14,18H,2-6,16H2,1H3,(H,17,19). The maximum absolute atomic E-state index is 12.2. The van der Waals surface area contributed by atoms with Crippen LogP contribution < -0.4 is 16.6 Å². The fraction of sp³-hybridized carbons (Fsp3) is 0.533. The summed E-state index contributed by atoms with van der Waals surface area (Å²) in [5, 5.41) is 3.18. The molecule has 0 spiro atoms. The highest BCUT2D eigenvalue weighted by molar-refractivity contribution is 5.94. The van der Waals surface area contributed by atoms with Crippen molar-refractivity contribution in [1.29, 1.82) is 0 Å². The van der Waals surface area contributed by atoms with E-state index >= 15 is 0 Å². The van der Waals surface area contributed by atoms with Crippen LogP contribution in [0.2, 0.25) is 0 Å². The lowest BCUT2D eigenvalue weighted by Gasteiger charge is -2.31. The molecular formula is C15H23N3O. The van der Waals surface area contributed by atoms with Gasteiger partial charge in [0.15, 0.2) is 0 Å². The Balaban J connectivity index is 1.98. The largest absolute Gasteiger partial charge is 0.349 e. The molecule has 0 aliphatic heterocycles. The molecule has 19 heavy (non-hydrogen) atoms. The number of hydrogen-bond donors (Lipinski definition) is 3. The van der Waals surface area contributed by atoms with Gasteiger partial charge in [-0.05, 0) is 43.0 Å². The zero-order chi connectivity index (χ0) is 13.7. The Bertz CT molecular complexity index is 416. The number of hydrazine groups is 1. The van der Waals surface area contributed by atoms with Crippen LogP contribution in [0.3, 0.4) is 0 Å². The Morgan fingerprint density at radius 1 is 1.26 bits per heavy atom. The van der Waals surface area contributed by atoms with Crippen LogP contribution >= 0.6 is 0 Å². The van der Waals surface area contributed by atoms with Crippen molar-refractivity contribution in [2.45, 2.75) is 45.1 Å². The zero-order valence-corrected chi connectivity index (χ0v) is 11.5. The quantitative estimate of drug-likeness (QED) is 0.576. The van der Waals surface area contributed by atoms with E-state index in [4.69, 9.17) is 5.84 Å². The minimum atomic E-state index is 0.0221. The van der Waals surface area contributed by atoms with E-state index in [9.17, 15) is 4.79 Å². The molecule has 104 valence electrons. The van der Waals surface area contributed by atoms with E-state index in [2.05, 4.69) is 17.7 Å². The van der Waals surface area contributed by atoms with Crippen molar-refractivity contribution in [3.63, 3.8) is 0 Å². The Morgan fingerprint density at radius 3 is 2.58 bits per heavy atom. The topological polar surface area (TPSA) is 67.2 Å². The average molecular weight is 261 g/mol. The molecule has 4 nitrogen and oxygen atoms in total. The van der Waals surface area contributed by atoms with E-state index in [1.807, 2.05) is 12.1 Å². The second-order valence-electron chi connectivity index (χ2n) is 5.25. The Morgan fingerprint density at radius 2 is 1.95 bits per heavy atom. The molecule has 2 unspecified atom stereocenters. The van der Waals surface area contributed by atoms with Gasteiger partial charge in [-0.25, -0.2) is 0 Å². The first-order valence-electron chi connectivity index (χ1n) is 7.12. The van der Waals surface area contributed by atoms with E-state index in [-0.39, 0.29) is 5.91 Å². The molecule has 1 aliphatic carbocycles. The van der Waals surface area contributed by atoms with E-state index in [0.29, 0.717) is 17.5 Å². The number of rotatable bonds is 4. The summed E-state index contributed by atoms with van der Waals surface area (Å²) >= 11 is 0. The van der Waals surface area contributed by atoms with Gasteiger partial charge in [0.05, 0.1) is 0 Å². The number of hydrogen-bond acceptors (Lipinski definition) is 3. The van der Waals surface area contributed by atoms with Crippen molar-refractivity contribution in [3.8, 4) is 0 Å². The molecular weight excluding hydrogens is 238 g/mol. The predicted octanol–water partition coefficient (Wildman–Crippen LogP) is 2.67. The summed E-state index contributed by atoms with van der Waals surface area (Å²) in [5.41, 5.74) is 4.06. The monoisotopic (exact) mass is 261 g/mol. The van der Waals surface area contributed by atoms with E-state index < -0.39 is 0 Å². The van der Waals surface area contributed by atoms with Crippen LogP contribution in [0, 0.1) is 5.92 Å². The van der Waals surface area contributed by atoms with Crippen LogP contribution in [-0.4, -0.2) is 11.9 Å². The second-order valence-corrected chi connectivity index (χ2v) is 5.25. The minimum absolute atomic E-state index is 0.0221. The smallest absolute Gasteiger partial charge is 0.251 e. The van der Waals surface area contributed by atoms with Crippen LogP contribution in [0.25, 0.3) is 0 Å². The van der Waals surface area contributed by atoms with Crippen molar-refractivity contribution in [3.05, 3.63) is 29.8 Å². The number of carbonyl (C=O) groups is 1. The number of nitrogens with two attached hydrogens (primary N) is 1. The number of carbonyl (C=O) groups excluding carboxylic acids is 1. The molecule has 4 heteroatoms. The van der Waals surface area contributed by atoms with Gasteiger partial charge in [-0.2, -0.15) is 0 Å². The lowest BCUT2D eigenvalue weighted by atomic mass is 9.83. The lowest BCUT2D eigenvalue weighted by Crippen LogP contribution is -2.41. The molecule has 1 aromatic carbocycles. The fourth-order valence-electron chi connectivity index (χ4n) is 2.86. The van der Waals surface area contributed by atoms with Crippen LogP contribution in [0.1, 0.15) is 49.4 Å². The first kappa shape index (κ1) is 13.9. The summed E-state index contributed by atoms with van der Waals surface area (Å²) in [6.07, 6.45) is 5.99. The van der Waals surface area contributed by atoms with Crippen LogP contribution in [-0.2, 0) is 0 Å². The second kappa shape index (κ2) is 6.57. The summed E-state index contributed by atoms with van der Waals surface area (Å²) < 4.78 is 0. The van der Waals surface area contributed by atoms with E-state index in [1.54, 1.807) is 12.1 Å². The molecule has 0 aromatic heterocycles. The van der Waals surface area contributed by atoms with Gasteiger partial charge in [-0.15, -0.1) is 0 Å². The SMILES string of the molecule is CCC1CCCCC1NC(=O)c1ccc(NN)cc1.